The Labute approximate surface area is 270 Å². The minimum absolute atomic E-state index is 0.198. The number of fused-ring (bicyclic) bond motifs is 1. The number of rotatable bonds is 9. The number of nitrogens with zero attached hydrogens (tertiary/aromatic N) is 4. The number of benzene rings is 2. The molecule has 5 rings (SSSR count). The van der Waals surface area contributed by atoms with E-state index in [-0.39, 0.29) is 30.2 Å². The molecule has 0 radical (unpaired) electrons. The number of carbonyl (C=O) groups is 2. The fraction of sp³-hybridized carbons (Fsp3) is 0.389. The zero-order valence-corrected chi connectivity index (χ0v) is 27.6. The molecular formula is C36H42N4O6. The van der Waals surface area contributed by atoms with Crippen molar-refractivity contribution in [3.05, 3.63) is 88.6 Å². The largest absolute Gasteiger partial charge is 0.488 e. The van der Waals surface area contributed by atoms with E-state index in [4.69, 9.17) is 23.9 Å². The van der Waals surface area contributed by atoms with E-state index < -0.39 is 11.6 Å². The van der Waals surface area contributed by atoms with Crippen molar-refractivity contribution in [3.8, 4) is 28.7 Å². The molecule has 10 heteroatoms. The Bertz CT molecular complexity index is 1720. The normalized spacial score (nSPS) is 12.9. The number of esters is 1. The summed E-state index contributed by atoms with van der Waals surface area (Å²) in [7, 11) is 0. The Morgan fingerprint density at radius 1 is 1.02 bits per heavy atom. The van der Waals surface area contributed by atoms with Crippen LogP contribution in [0.4, 0.5) is 4.79 Å². The standard InChI is InChI=1S/C36H42N4O6/c1-8-43-34(41)29-20-37-40(33(29)45-23(2)3)31-14-10-13-30(38-31)28-12-9-11-24(4)32(28)44-22-25-15-16-27-21-39(18-17-26(27)19-25)35(42)46-36(5,6)7/h9-16,19-20,23H,8,17-18,21-22H2,1-7H3. The van der Waals surface area contributed by atoms with E-state index in [0.717, 1.165) is 34.4 Å². The predicted molar refractivity (Wildman–Crippen MR) is 174 cm³/mol. The van der Waals surface area contributed by atoms with Crippen LogP contribution in [0.2, 0.25) is 0 Å². The molecular weight excluding hydrogens is 584 g/mol. The summed E-state index contributed by atoms with van der Waals surface area (Å²) in [5.74, 6) is 0.997. The number of amides is 1. The van der Waals surface area contributed by atoms with E-state index in [1.165, 1.54) is 16.4 Å². The second-order valence-electron chi connectivity index (χ2n) is 12.5. The van der Waals surface area contributed by atoms with E-state index in [2.05, 4.69) is 17.2 Å². The van der Waals surface area contributed by atoms with Gasteiger partial charge in [0, 0.05) is 18.7 Å². The zero-order valence-electron chi connectivity index (χ0n) is 27.6. The van der Waals surface area contributed by atoms with Gasteiger partial charge in [0.2, 0.25) is 5.88 Å². The van der Waals surface area contributed by atoms with Crippen molar-refractivity contribution in [1.29, 1.82) is 0 Å². The molecule has 0 fully saturated rings. The summed E-state index contributed by atoms with van der Waals surface area (Å²) in [6, 6.07) is 17.8. The summed E-state index contributed by atoms with van der Waals surface area (Å²) in [4.78, 5) is 31.9. The first-order valence-electron chi connectivity index (χ1n) is 15.6. The molecule has 1 aliphatic heterocycles. The molecule has 4 aromatic rings. The molecule has 1 amide bonds. The molecule has 0 aliphatic carbocycles. The topological polar surface area (TPSA) is 105 Å². The summed E-state index contributed by atoms with van der Waals surface area (Å²) < 4.78 is 24.8. The third-order valence-corrected chi connectivity index (χ3v) is 7.32. The van der Waals surface area contributed by atoms with Crippen molar-refractivity contribution in [2.75, 3.05) is 13.2 Å². The summed E-state index contributed by atoms with van der Waals surface area (Å²) >= 11 is 0. The Balaban J connectivity index is 1.37. The van der Waals surface area contributed by atoms with Crippen LogP contribution in [0.1, 0.15) is 74.2 Å². The third kappa shape index (κ3) is 7.50. The smallest absolute Gasteiger partial charge is 0.410 e. The first-order valence-corrected chi connectivity index (χ1v) is 15.6. The molecule has 46 heavy (non-hydrogen) atoms. The highest BCUT2D eigenvalue weighted by Gasteiger charge is 2.26. The van der Waals surface area contributed by atoms with Gasteiger partial charge in [-0.05, 0) is 95.3 Å². The van der Waals surface area contributed by atoms with Crippen LogP contribution in [0.5, 0.6) is 11.6 Å². The molecule has 0 spiro atoms. The Morgan fingerprint density at radius 2 is 1.80 bits per heavy atom. The van der Waals surface area contributed by atoms with E-state index in [1.54, 1.807) is 11.8 Å². The van der Waals surface area contributed by atoms with Crippen LogP contribution in [0.3, 0.4) is 0 Å². The Morgan fingerprint density at radius 3 is 2.54 bits per heavy atom. The first kappa shape index (κ1) is 32.5. The van der Waals surface area contributed by atoms with Crippen LogP contribution in [0.25, 0.3) is 17.1 Å². The van der Waals surface area contributed by atoms with Gasteiger partial charge < -0.3 is 23.8 Å². The highest BCUT2D eigenvalue weighted by molar-refractivity contribution is 5.92. The second kappa shape index (κ2) is 13.6. The third-order valence-electron chi connectivity index (χ3n) is 7.32. The molecule has 0 atom stereocenters. The maximum absolute atomic E-state index is 12.6. The number of carbonyl (C=O) groups excluding carboxylic acids is 2. The van der Waals surface area contributed by atoms with Crippen molar-refractivity contribution >= 4 is 12.1 Å². The molecule has 2 aromatic heterocycles. The number of hydrogen-bond acceptors (Lipinski definition) is 8. The molecule has 0 bridgehead atoms. The van der Waals surface area contributed by atoms with Crippen LogP contribution >= 0.6 is 0 Å². The Hall–Kier alpha value is -4.86. The van der Waals surface area contributed by atoms with Crippen molar-refractivity contribution in [2.24, 2.45) is 0 Å². The van der Waals surface area contributed by atoms with Gasteiger partial charge in [0.1, 0.15) is 23.5 Å². The molecule has 0 saturated carbocycles. The van der Waals surface area contributed by atoms with Gasteiger partial charge in [-0.1, -0.05) is 36.4 Å². The van der Waals surface area contributed by atoms with E-state index in [0.29, 0.717) is 31.2 Å². The molecule has 3 heterocycles. The first-order chi connectivity index (χ1) is 21.9. The lowest BCUT2D eigenvalue weighted by Gasteiger charge is -2.31. The van der Waals surface area contributed by atoms with Gasteiger partial charge in [-0.3, -0.25) is 0 Å². The molecule has 0 N–H and O–H groups in total. The molecule has 1 aliphatic rings. The van der Waals surface area contributed by atoms with Gasteiger partial charge in [-0.25, -0.2) is 14.6 Å². The van der Waals surface area contributed by atoms with Crippen LogP contribution in [0, 0.1) is 6.92 Å². The molecule has 242 valence electrons. The number of hydrogen-bond donors (Lipinski definition) is 0. The summed E-state index contributed by atoms with van der Waals surface area (Å²) in [5.41, 5.74) is 5.57. The maximum atomic E-state index is 12.6. The minimum Gasteiger partial charge on any atom is -0.488 e. The van der Waals surface area contributed by atoms with Gasteiger partial charge in [-0.15, -0.1) is 0 Å². The molecule has 10 nitrogen and oxygen atoms in total. The van der Waals surface area contributed by atoms with Gasteiger partial charge in [-0.2, -0.15) is 9.78 Å². The van der Waals surface area contributed by atoms with Crippen molar-refractivity contribution in [1.82, 2.24) is 19.7 Å². The number of ether oxygens (including phenoxy) is 4. The lowest BCUT2D eigenvalue weighted by atomic mass is 9.97. The zero-order chi connectivity index (χ0) is 33.0. The summed E-state index contributed by atoms with van der Waals surface area (Å²) in [5, 5.41) is 4.43. The summed E-state index contributed by atoms with van der Waals surface area (Å²) in [6.07, 6.45) is 1.71. The predicted octanol–water partition coefficient (Wildman–Crippen LogP) is 7.08. The van der Waals surface area contributed by atoms with E-state index in [9.17, 15) is 9.59 Å². The molecule has 0 unspecified atom stereocenters. The average molecular weight is 627 g/mol. The fourth-order valence-electron chi connectivity index (χ4n) is 5.26. The summed E-state index contributed by atoms with van der Waals surface area (Å²) in [6.45, 7) is 14.9. The van der Waals surface area contributed by atoms with Crippen molar-refractivity contribution in [2.45, 2.75) is 79.7 Å². The molecule has 0 saturated heterocycles. The van der Waals surface area contributed by atoms with Gasteiger partial charge in [0.15, 0.2) is 5.82 Å². The van der Waals surface area contributed by atoms with Crippen LogP contribution < -0.4 is 9.47 Å². The lowest BCUT2D eigenvalue weighted by Crippen LogP contribution is -2.39. The molecule has 2 aromatic carbocycles. The van der Waals surface area contributed by atoms with Crippen LogP contribution in [-0.4, -0.2) is 56.6 Å². The van der Waals surface area contributed by atoms with Crippen LogP contribution in [0.15, 0.2) is 60.8 Å². The quantitative estimate of drug-likeness (QED) is 0.182. The highest BCUT2D eigenvalue weighted by Crippen LogP contribution is 2.34. The second-order valence-corrected chi connectivity index (χ2v) is 12.5. The monoisotopic (exact) mass is 626 g/mol. The number of pyridine rings is 1. The van der Waals surface area contributed by atoms with Gasteiger partial charge in [0.25, 0.3) is 0 Å². The van der Waals surface area contributed by atoms with Crippen molar-refractivity contribution in [3.63, 3.8) is 0 Å². The van der Waals surface area contributed by atoms with Crippen molar-refractivity contribution < 1.29 is 28.5 Å². The number of aromatic nitrogens is 3. The highest BCUT2D eigenvalue weighted by atomic mass is 16.6. The average Bonchev–Trinajstić information content (AvgIpc) is 3.42. The minimum atomic E-state index is -0.526. The van der Waals surface area contributed by atoms with Gasteiger partial charge in [0.05, 0.1) is 24.6 Å². The lowest BCUT2D eigenvalue weighted by molar-refractivity contribution is 0.0223. The fourth-order valence-corrected chi connectivity index (χ4v) is 5.26. The SMILES string of the molecule is CCOC(=O)c1cnn(-c2cccc(-c3cccc(C)c3OCc3ccc4c(c3)CCN(C(=O)OC(C)(C)C)C4)n2)c1OC(C)C. The number of para-hydroxylation sites is 1. The number of aryl methyl sites for hydroxylation is 1. The maximum Gasteiger partial charge on any atom is 0.410 e. The van der Waals surface area contributed by atoms with E-state index >= 15 is 0 Å². The Kier molecular flexibility index (Phi) is 9.65. The van der Waals surface area contributed by atoms with Crippen LogP contribution in [-0.2, 0) is 29.0 Å². The van der Waals surface area contributed by atoms with E-state index in [1.807, 2.05) is 84.0 Å². The van der Waals surface area contributed by atoms with Gasteiger partial charge >= 0.3 is 12.1 Å².